The summed E-state index contributed by atoms with van der Waals surface area (Å²) in [6.07, 6.45) is 14.2. The first-order valence-electron chi connectivity index (χ1n) is 23.7. The molecular formula is C61H67FIrN2SSi-2. The molecule has 67 heavy (non-hydrogen) atoms. The Hall–Kier alpha value is -5.10. The van der Waals surface area contributed by atoms with E-state index >= 15 is 0 Å². The van der Waals surface area contributed by atoms with E-state index in [0.29, 0.717) is 0 Å². The number of aromatic nitrogens is 2. The maximum Gasteiger partial charge on any atom is 0.0985 e. The van der Waals surface area contributed by atoms with Gasteiger partial charge in [-0.3, -0.25) is 0 Å². The summed E-state index contributed by atoms with van der Waals surface area (Å²) in [5, 5.41) is 4.05. The zero-order valence-corrected chi connectivity index (χ0v) is 44.9. The number of thiophene rings is 1. The van der Waals surface area contributed by atoms with Crippen LogP contribution in [0.1, 0.15) is 91.8 Å². The van der Waals surface area contributed by atoms with Gasteiger partial charge in [0.1, 0.15) is 0 Å². The van der Waals surface area contributed by atoms with Crippen molar-refractivity contribution in [1.29, 1.82) is 0 Å². The second-order valence-corrected chi connectivity index (χ2v) is 27.2. The summed E-state index contributed by atoms with van der Waals surface area (Å²) in [5.74, 6) is 0.551. The molecule has 8 aromatic rings. The molecule has 9 rings (SSSR count). The van der Waals surface area contributed by atoms with Gasteiger partial charge in [0.05, 0.1) is 37.7 Å². The van der Waals surface area contributed by atoms with Crippen molar-refractivity contribution in [1.82, 2.24) is 0 Å². The maximum atomic E-state index is 13.9. The topological polar surface area (TPSA) is 7.76 Å². The van der Waals surface area contributed by atoms with Crippen LogP contribution in [-0.2, 0) is 39.4 Å². The molecule has 6 heteroatoms. The molecule has 1 radical (unpaired) electrons. The van der Waals surface area contributed by atoms with E-state index in [9.17, 15) is 4.39 Å². The zero-order chi connectivity index (χ0) is 46.9. The molecule has 5 aromatic carbocycles. The van der Waals surface area contributed by atoms with Gasteiger partial charge in [-0.25, -0.2) is 4.39 Å². The van der Waals surface area contributed by atoms with E-state index in [1.807, 2.05) is 20.5 Å². The van der Waals surface area contributed by atoms with Crippen LogP contribution < -0.4 is 14.3 Å². The number of fused-ring (bicyclic) bond motifs is 3. The Labute approximate surface area is 419 Å². The van der Waals surface area contributed by atoms with E-state index in [-0.39, 0.29) is 31.3 Å². The average molecular weight is 1100 g/mol. The van der Waals surface area contributed by atoms with Crippen LogP contribution in [0.4, 0.5) is 4.39 Å². The fraction of sp³-hybridized carbons (Fsp3) is 0.279. The molecule has 0 spiro atoms. The molecule has 0 bridgehead atoms. The first-order chi connectivity index (χ1) is 31.4. The predicted molar refractivity (Wildman–Crippen MR) is 283 cm³/mol. The monoisotopic (exact) mass is 1100 g/mol. The van der Waals surface area contributed by atoms with Gasteiger partial charge in [0, 0.05) is 38.9 Å². The molecule has 0 N–H and O–H groups in total. The third-order valence-corrected chi connectivity index (χ3v) is 16.5. The average Bonchev–Trinajstić information content (AvgIpc) is 3.62. The zero-order valence-electron chi connectivity index (χ0n) is 40.7. The van der Waals surface area contributed by atoms with Crippen LogP contribution in [0.15, 0.2) is 128 Å². The van der Waals surface area contributed by atoms with Gasteiger partial charge in [0.25, 0.3) is 0 Å². The Morgan fingerprint density at radius 1 is 0.657 bits per heavy atom. The molecule has 3 aromatic heterocycles. The molecule has 0 saturated heterocycles. The minimum atomic E-state index is -1.49. The van der Waals surface area contributed by atoms with Crippen molar-refractivity contribution in [3.8, 4) is 33.6 Å². The summed E-state index contributed by atoms with van der Waals surface area (Å²) < 4.78 is 20.4. The van der Waals surface area contributed by atoms with E-state index < -0.39 is 8.07 Å². The number of benzene rings is 5. The Balaban J connectivity index is 0.000000214. The van der Waals surface area contributed by atoms with E-state index in [4.69, 9.17) is 0 Å². The molecule has 1 aliphatic carbocycles. The second kappa shape index (κ2) is 20.6. The van der Waals surface area contributed by atoms with Gasteiger partial charge in [-0.2, -0.15) is 31.0 Å². The Morgan fingerprint density at radius 3 is 2.00 bits per heavy atom. The fourth-order valence-electron chi connectivity index (χ4n) is 9.92. The third-order valence-electron chi connectivity index (χ3n) is 13.3. The van der Waals surface area contributed by atoms with Crippen LogP contribution in [0.2, 0.25) is 19.6 Å². The number of hydrogen-bond donors (Lipinski definition) is 0. The molecular weight excluding hydrogens is 1030 g/mol. The number of pyridine rings is 2. The van der Waals surface area contributed by atoms with Crippen LogP contribution in [0.5, 0.6) is 0 Å². The Morgan fingerprint density at radius 2 is 1.30 bits per heavy atom. The van der Waals surface area contributed by atoms with Crippen molar-refractivity contribution in [3.63, 3.8) is 0 Å². The molecule has 0 atom stereocenters. The van der Waals surface area contributed by atoms with Gasteiger partial charge in [0.15, 0.2) is 0 Å². The smallest absolute Gasteiger partial charge is 0.0985 e. The maximum absolute atomic E-state index is 13.9. The van der Waals surface area contributed by atoms with Crippen LogP contribution >= 0.6 is 11.3 Å². The number of aryl methyl sites for hydroxylation is 1. The standard InChI is InChI=1S/C38H36NS.C23H31FNSi.Ir/c1-25-17-36-34(22-33(25)35-20-31(23-38(3,4)5)26(2)24-39(35)6)32-16-15-30(21-37(32)40-36)29-14-10-13-28(19-29)18-27-11-8-7-9-12-27;1-17-11-12-20(24)15-21(17)22-14-19(13-18-9-7-6-8-10-18)23(16-25(22)2)26(3,4)5;/h7-17,19-22,24H,1,6,18,23H2,2-5H3;11-12,14-16,18H,1-2,6-10,13H2,3-5H3;/q2*-1;. The van der Waals surface area contributed by atoms with Crippen LogP contribution in [0.3, 0.4) is 0 Å². The summed E-state index contributed by atoms with van der Waals surface area (Å²) in [4.78, 5) is 0. The molecule has 0 amide bonds. The Kier molecular flexibility index (Phi) is 15.3. The second-order valence-electron chi connectivity index (χ2n) is 21.1. The summed E-state index contributed by atoms with van der Waals surface area (Å²) in [6.45, 7) is 24.8. The molecule has 2 nitrogen and oxygen atoms in total. The van der Waals surface area contributed by atoms with Gasteiger partial charge in [-0.1, -0.05) is 175 Å². The number of rotatable bonds is 9. The van der Waals surface area contributed by atoms with Crippen LogP contribution in [0, 0.1) is 52.0 Å². The largest absolute Gasteiger partial charge is 0.343 e. The molecule has 3 heterocycles. The van der Waals surface area contributed by atoms with E-state index in [1.165, 1.54) is 102 Å². The minimum absolute atomic E-state index is 0. The fourth-order valence-corrected chi connectivity index (χ4v) is 12.8. The van der Waals surface area contributed by atoms with Gasteiger partial charge < -0.3 is 9.13 Å². The number of halogens is 1. The van der Waals surface area contributed by atoms with Crippen molar-refractivity contribution in [2.75, 3.05) is 0 Å². The normalized spacial score (nSPS) is 13.3. The third kappa shape index (κ3) is 11.8. The van der Waals surface area contributed by atoms with Crippen LogP contribution in [0.25, 0.3) is 53.8 Å². The Bertz CT molecular complexity index is 3020. The molecule has 1 fully saturated rings. The summed E-state index contributed by atoms with van der Waals surface area (Å²) in [6, 6.07) is 40.5. The van der Waals surface area contributed by atoms with Crippen molar-refractivity contribution in [3.05, 3.63) is 200 Å². The van der Waals surface area contributed by atoms with E-state index in [2.05, 4.69) is 185 Å². The van der Waals surface area contributed by atoms with E-state index in [1.54, 1.807) is 12.1 Å². The van der Waals surface area contributed by atoms with Crippen molar-refractivity contribution in [2.24, 2.45) is 11.3 Å². The predicted octanol–water partition coefficient (Wildman–Crippen LogP) is 15.3. The van der Waals surface area contributed by atoms with Gasteiger partial charge in [-0.05, 0) is 92.1 Å². The summed E-state index contributed by atoms with van der Waals surface area (Å²) in [5.41, 5.74) is 15.4. The molecule has 349 valence electrons. The molecule has 1 aliphatic rings. The quantitative estimate of drug-likeness (QED) is 0.0773. The number of nitrogens with zero attached hydrogens (tertiary/aromatic N) is 2. The van der Waals surface area contributed by atoms with Crippen molar-refractivity contribution in [2.45, 2.75) is 98.7 Å². The minimum Gasteiger partial charge on any atom is -0.343 e. The summed E-state index contributed by atoms with van der Waals surface area (Å²) >= 11 is 1.85. The molecule has 1 saturated carbocycles. The summed E-state index contributed by atoms with van der Waals surface area (Å²) in [7, 11) is 7.06. The van der Waals surface area contributed by atoms with Crippen molar-refractivity contribution >= 4 is 44.8 Å². The van der Waals surface area contributed by atoms with Gasteiger partial charge in [-0.15, -0.1) is 34.6 Å². The van der Waals surface area contributed by atoms with Crippen molar-refractivity contribution < 1.29 is 33.6 Å². The van der Waals surface area contributed by atoms with Gasteiger partial charge in [0.2, 0.25) is 0 Å². The first kappa shape index (κ1) is 49.8. The molecule has 0 aliphatic heterocycles. The van der Waals surface area contributed by atoms with Gasteiger partial charge >= 0.3 is 0 Å². The van der Waals surface area contributed by atoms with E-state index in [0.717, 1.165) is 58.8 Å². The molecule has 0 unspecified atom stereocenters. The first-order valence-corrected chi connectivity index (χ1v) is 28.1. The number of hydrogen-bond acceptors (Lipinski definition) is 1. The SMILES string of the molecule is [CH2-]c1cc2sc3cc(-c4cccc(Cc5ccccc5)c4)ccc3c2cc1-c1cc(CC(C)(C)C)c(C)c[n+]1[CH2-].[CH2-]c1ccc(F)cc1-c1cc(CC2CCCCC2)c([Si](C)(C)C)c[n+]1[CH2-].[Ir]. The van der Waals surface area contributed by atoms with Crippen LogP contribution in [-0.4, -0.2) is 8.07 Å².